The molecule has 0 fully saturated rings. The Labute approximate surface area is 172 Å². The molecule has 2 aliphatic carbocycles. The maximum atomic E-state index is 2.48. The lowest BCUT2D eigenvalue weighted by molar-refractivity contribution is 0.608. The van der Waals surface area contributed by atoms with Gasteiger partial charge < -0.3 is 4.57 Å². The molecule has 0 saturated heterocycles. The zero-order valence-corrected chi connectivity index (χ0v) is 17.3. The van der Waals surface area contributed by atoms with Crippen LogP contribution in [0.15, 0.2) is 78.4 Å². The topological polar surface area (TPSA) is 4.93 Å². The second kappa shape index (κ2) is 5.73. The highest BCUT2D eigenvalue weighted by Gasteiger charge is 2.38. The van der Waals surface area contributed by atoms with Gasteiger partial charge in [-0.1, -0.05) is 68.0 Å². The van der Waals surface area contributed by atoms with E-state index in [0.29, 0.717) is 0 Å². The van der Waals surface area contributed by atoms with Crippen molar-refractivity contribution in [3.8, 4) is 5.69 Å². The number of hydrogen-bond donors (Lipinski definition) is 0. The first kappa shape index (κ1) is 16.9. The number of allylic oxidation sites excluding steroid dienone is 4. The fourth-order valence-electron chi connectivity index (χ4n) is 5.56. The van der Waals surface area contributed by atoms with Gasteiger partial charge in [0.1, 0.15) is 0 Å². The lowest BCUT2D eigenvalue weighted by Gasteiger charge is -2.25. The Morgan fingerprint density at radius 2 is 1.66 bits per heavy atom. The van der Waals surface area contributed by atoms with Gasteiger partial charge in [-0.15, -0.1) is 0 Å². The average Bonchev–Trinajstić information content (AvgIpc) is 3.17. The first-order valence-electron chi connectivity index (χ1n) is 10.6. The van der Waals surface area contributed by atoms with Gasteiger partial charge in [-0.2, -0.15) is 0 Å². The molecule has 1 aromatic heterocycles. The third-order valence-corrected chi connectivity index (χ3v) is 7.06. The van der Waals surface area contributed by atoms with Crippen LogP contribution >= 0.6 is 0 Å². The number of aryl methyl sites for hydroxylation is 1. The van der Waals surface area contributed by atoms with Crippen LogP contribution in [0.1, 0.15) is 43.4 Å². The predicted octanol–water partition coefficient (Wildman–Crippen LogP) is 7.49. The summed E-state index contributed by atoms with van der Waals surface area (Å²) in [5, 5.41) is 2.69. The molecular formula is C28H25N. The van der Waals surface area contributed by atoms with Crippen LogP contribution in [0.5, 0.6) is 0 Å². The van der Waals surface area contributed by atoms with Gasteiger partial charge in [0.05, 0.1) is 11.0 Å². The van der Waals surface area contributed by atoms with Crippen molar-refractivity contribution in [1.29, 1.82) is 0 Å². The number of benzene rings is 3. The van der Waals surface area contributed by atoms with Gasteiger partial charge in [0.2, 0.25) is 0 Å². The van der Waals surface area contributed by atoms with E-state index >= 15 is 0 Å². The van der Waals surface area contributed by atoms with Gasteiger partial charge >= 0.3 is 0 Å². The molecule has 2 aliphatic rings. The van der Waals surface area contributed by atoms with Crippen LogP contribution in [0.3, 0.4) is 0 Å². The van der Waals surface area contributed by atoms with E-state index in [1.165, 1.54) is 56.2 Å². The minimum absolute atomic E-state index is 0.0939. The molecule has 0 N–H and O–H groups in total. The molecule has 0 saturated carbocycles. The Morgan fingerprint density at radius 3 is 2.52 bits per heavy atom. The molecule has 0 aliphatic heterocycles. The van der Waals surface area contributed by atoms with Gasteiger partial charge in [-0.25, -0.2) is 0 Å². The van der Waals surface area contributed by atoms with Gasteiger partial charge in [0.15, 0.2) is 0 Å². The maximum Gasteiger partial charge on any atom is 0.0544 e. The minimum atomic E-state index is 0.0939. The number of hydrogen-bond acceptors (Lipinski definition) is 0. The first-order chi connectivity index (χ1) is 14.1. The summed E-state index contributed by atoms with van der Waals surface area (Å²) >= 11 is 0. The monoisotopic (exact) mass is 375 g/mol. The summed E-state index contributed by atoms with van der Waals surface area (Å²) in [7, 11) is 0. The quantitative estimate of drug-likeness (QED) is 0.325. The molecule has 1 heterocycles. The Morgan fingerprint density at radius 1 is 0.862 bits per heavy atom. The summed E-state index contributed by atoms with van der Waals surface area (Å²) in [5.74, 6) is 0. The lowest BCUT2D eigenvalue weighted by Crippen LogP contribution is -2.17. The van der Waals surface area contributed by atoms with Crippen molar-refractivity contribution in [2.24, 2.45) is 0 Å². The van der Waals surface area contributed by atoms with Crippen molar-refractivity contribution >= 4 is 27.4 Å². The predicted molar refractivity (Wildman–Crippen MR) is 124 cm³/mol. The molecule has 0 atom stereocenters. The molecule has 4 aromatic rings. The molecule has 0 spiro atoms. The normalized spacial score (nSPS) is 17.2. The molecule has 29 heavy (non-hydrogen) atoms. The molecule has 3 aromatic carbocycles. The highest BCUT2D eigenvalue weighted by molar-refractivity contribution is 6.11. The number of para-hydroxylation sites is 2. The summed E-state index contributed by atoms with van der Waals surface area (Å²) < 4.78 is 2.46. The largest absolute Gasteiger partial charge is 0.309 e. The Kier molecular flexibility index (Phi) is 3.33. The minimum Gasteiger partial charge on any atom is -0.309 e. The molecule has 0 bridgehead atoms. The van der Waals surface area contributed by atoms with Gasteiger partial charge in [0, 0.05) is 21.9 Å². The van der Waals surface area contributed by atoms with Crippen LogP contribution in [-0.4, -0.2) is 4.57 Å². The van der Waals surface area contributed by atoms with E-state index in [4.69, 9.17) is 0 Å². The van der Waals surface area contributed by atoms with Crippen LogP contribution in [0.25, 0.3) is 33.1 Å². The summed E-state index contributed by atoms with van der Waals surface area (Å²) in [4.78, 5) is 0. The zero-order valence-electron chi connectivity index (χ0n) is 17.3. The number of aromatic nitrogens is 1. The van der Waals surface area contributed by atoms with Crippen molar-refractivity contribution < 1.29 is 0 Å². The molecule has 0 radical (unpaired) electrons. The smallest absolute Gasteiger partial charge is 0.0544 e. The van der Waals surface area contributed by atoms with Crippen molar-refractivity contribution in [2.75, 3.05) is 0 Å². The van der Waals surface area contributed by atoms with E-state index in [1.54, 1.807) is 5.57 Å². The Balaban J connectivity index is 1.77. The van der Waals surface area contributed by atoms with Crippen LogP contribution in [0.4, 0.5) is 0 Å². The second-order valence-electron chi connectivity index (χ2n) is 9.01. The highest BCUT2D eigenvalue weighted by Crippen LogP contribution is 2.51. The summed E-state index contributed by atoms with van der Waals surface area (Å²) in [5.41, 5.74) is 11.2. The molecule has 0 amide bonds. The zero-order chi connectivity index (χ0) is 19.8. The lowest BCUT2D eigenvalue weighted by atomic mass is 9.78. The second-order valence-corrected chi connectivity index (χ2v) is 9.01. The Bertz CT molecular complexity index is 1370. The van der Waals surface area contributed by atoms with Crippen LogP contribution < -0.4 is 0 Å². The number of rotatable bonds is 1. The highest BCUT2D eigenvalue weighted by atomic mass is 15.0. The fraction of sp³-hybridized carbons (Fsp3) is 0.214. The van der Waals surface area contributed by atoms with Crippen molar-refractivity contribution in [2.45, 2.75) is 39.0 Å². The fourth-order valence-corrected chi connectivity index (χ4v) is 5.56. The third-order valence-electron chi connectivity index (χ3n) is 7.06. The van der Waals surface area contributed by atoms with Crippen LogP contribution in [-0.2, 0) is 5.41 Å². The van der Waals surface area contributed by atoms with E-state index in [2.05, 4.69) is 98.2 Å². The first-order valence-corrected chi connectivity index (χ1v) is 10.6. The average molecular weight is 376 g/mol. The van der Waals surface area contributed by atoms with E-state index in [1.807, 2.05) is 0 Å². The van der Waals surface area contributed by atoms with Crippen molar-refractivity contribution in [3.05, 3.63) is 95.1 Å². The molecule has 1 heteroatoms. The van der Waals surface area contributed by atoms with Gasteiger partial charge in [-0.3, -0.25) is 0 Å². The Hall–Kier alpha value is -3.06. The van der Waals surface area contributed by atoms with Crippen LogP contribution in [0.2, 0.25) is 0 Å². The molecular weight excluding hydrogens is 350 g/mol. The molecule has 6 rings (SSSR count). The maximum absolute atomic E-state index is 2.48. The number of fused-ring (bicyclic) bond motifs is 5. The molecule has 142 valence electrons. The molecule has 1 nitrogen and oxygen atoms in total. The SMILES string of the molecule is Cc1ccccc1-n1c2ccccc2c2cc3c(cc21)C(C)(C)C1=C3C=CCC1. The third kappa shape index (κ3) is 2.16. The van der Waals surface area contributed by atoms with Crippen molar-refractivity contribution in [3.63, 3.8) is 0 Å². The van der Waals surface area contributed by atoms with Gasteiger partial charge in [0.25, 0.3) is 0 Å². The standard InChI is InChI=1S/C28H25N/c1-18-10-4-8-14-25(18)29-26-15-9-6-12-20(26)22-16-21-19-11-5-7-13-23(19)28(2,3)24(21)17-27(22)29/h4-6,8-12,14-17H,7,13H2,1-3H3. The molecule has 0 unspecified atom stereocenters. The van der Waals surface area contributed by atoms with E-state index in [0.717, 1.165) is 6.42 Å². The van der Waals surface area contributed by atoms with Crippen molar-refractivity contribution in [1.82, 2.24) is 4.57 Å². The van der Waals surface area contributed by atoms with Crippen LogP contribution in [0, 0.1) is 6.92 Å². The van der Waals surface area contributed by atoms with E-state index in [-0.39, 0.29) is 5.41 Å². The summed E-state index contributed by atoms with van der Waals surface area (Å²) in [6, 6.07) is 22.5. The van der Waals surface area contributed by atoms with E-state index in [9.17, 15) is 0 Å². The summed E-state index contributed by atoms with van der Waals surface area (Å²) in [6.45, 7) is 7.01. The van der Waals surface area contributed by atoms with Gasteiger partial charge in [-0.05, 0) is 66.3 Å². The summed E-state index contributed by atoms with van der Waals surface area (Å²) in [6.07, 6.45) is 7.04. The van der Waals surface area contributed by atoms with E-state index < -0.39 is 0 Å². The number of nitrogens with zero attached hydrogens (tertiary/aromatic N) is 1.